The van der Waals surface area contributed by atoms with Gasteiger partial charge < -0.3 is 24.7 Å². The fourth-order valence-electron chi connectivity index (χ4n) is 5.32. The highest BCUT2D eigenvalue weighted by atomic mass is 19.4. The third-order valence-electron chi connectivity index (χ3n) is 7.84. The summed E-state index contributed by atoms with van der Waals surface area (Å²) < 4.78 is 92.0. The molecule has 15 heteroatoms. The third kappa shape index (κ3) is 4.92. The Balaban J connectivity index is 1.42. The molecule has 42 heavy (non-hydrogen) atoms. The zero-order valence-corrected chi connectivity index (χ0v) is 22.6. The molecule has 3 heterocycles. The van der Waals surface area contributed by atoms with Crippen molar-refractivity contribution >= 4 is 22.7 Å². The van der Waals surface area contributed by atoms with E-state index < -0.39 is 41.3 Å². The highest BCUT2D eigenvalue weighted by Gasteiger charge is 2.64. The third-order valence-corrected chi connectivity index (χ3v) is 7.84. The first kappa shape index (κ1) is 29.6. The van der Waals surface area contributed by atoms with Gasteiger partial charge in [-0.05, 0) is 44.0 Å². The molecular weight excluding hydrogens is 572 g/mol. The minimum atomic E-state index is -4.69. The van der Waals surface area contributed by atoms with Gasteiger partial charge in [0.05, 0.1) is 13.2 Å². The van der Waals surface area contributed by atoms with Gasteiger partial charge in [-0.15, -0.1) is 0 Å². The number of hydrogen-bond donors (Lipinski definition) is 1. The lowest BCUT2D eigenvalue weighted by molar-refractivity contribution is -0.248. The fraction of sp³-hybridized carbons (Fsp3) is 0.481. The van der Waals surface area contributed by atoms with Crippen LogP contribution in [0.25, 0.3) is 22.4 Å². The molecule has 1 saturated heterocycles. The largest absolute Gasteiger partial charge is 0.494 e. The van der Waals surface area contributed by atoms with Gasteiger partial charge >= 0.3 is 12.4 Å². The van der Waals surface area contributed by atoms with Gasteiger partial charge in [0, 0.05) is 37.1 Å². The molecule has 1 saturated carbocycles. The Morgan fingerprint density at radius 1 is 1.00 bits per heavy atom. The van der Waals surface area contributed by atoms with Crippen LogP contribution in [0.1, 0.15) is 54.2 Å². The van der Waals surface area contributed by atoms with Crippen LogP contribution in [0.15, 0.2) is 28.7 Å². The first-order valence-electron chi connectivity index (χ1n) is 13.1. The van der Waals surface area contributed by atoms with E-state index in [9.17, 15) is 35.9 Å². The Morgan fingerprint density at radius 3 is 2.17 bits per heavy atom. The predicted molar refractivity (Wildman–Crippen MR) is 136 cm³/mol. The van der Waals surface area contributed by atoms with E-state index in [1.807, 2.05) is 0 Å². The van der Waals surface area contributed by atoms with E-state index in [1.54, 1.807) is 6.92 Å². The first-order chi connectivity index (χ1) is 19.7. The monoisotopic (exact) mass is 599 g/mol. The Kier molecular flexibility index (Phi) is 7.36. The molecule has 5 rings (SSSR count). The average molecular weight is 600 g/mol. The number of carbonyl (C=O) groups is 2. The number of rotatable bonds is 5. The zero-order valence-electron chi connectivity index (χ0n) is 22.6. The molecule has 0 radical (unpaired) electrons. The van der Waals surface area contributed by atoms with Gasteiger partial charge in [-0.25, -0.2) is 9.97 Å². The molecule has 2 amide bonds. The minimum absolute atomic E-state index is 0.0165. The lowest BCUT2D eigenvalue weighted by atomic mass is 9.67. The molecule has 9 nitrogen and oxygen atoms in total. The molecule has 3 aromatic rings. The number of hydrogen-bond acceptors (Lipinski definition) is 7. The van der Waals surface area contributed by atoms with Crippen molar-refractivity contribution in [3.63, 3.8) is 0 Å². The number of carbonyl (C=O) groups excluding carboxylic acids is 2. The summed E-state index contributed by atoms with van der Waals surface area (Å²) in [5, 5.41) is 0.223. The summed E-state index contributed by atoms with van der Waals surface area (Å²) in [7, 11) is 1.29. The van der Waals surface area contributed by atoms with Crippen LogP contribution in [-0.2, 0) is 11.0 Å². The second-order valence-corrected chi connectivity index (χ2v) is 10.4. The van der Waals surface area contributed by atoms with E-state index in [1.165, 1.54) is 30.2 Å². The van der Waals surface area contributed by atoms with Crippen LogP contribution in [0.3, 0.4) is 0 Å². The van der Waals surface area contributed by atoms with Crippen molar-refractivity contribution in [3.8, 4) is 17.2 Å². The highest BCUT2D eigenvalue weighted by molar-refractivity contribution is 5.98. The summed E-state index contributed by atoms with van der Waals surface area (Å²) in [5.41, 5.74) is 2.56. The van der Waals surface area contributed by atoms with Gasteiger partial charge in [0.25, 0.3) is 5.91 Å². The quantitative estimate of drug-likeness (QED) is 0.413. The van der Waals surface area contributed by atoms with Crippen molar-refractivity contribution in [3.05, 3.63) is 41.4 Å². The number of methoxy groups -OCH3 is 1. The van der Waals surface area contributed by atoms with E-state index in [2.05, 4.69) is 9.97 Å². The van der Waals surface area contributed by atoms with Crippen molar-refractivity contribution in [1.82, 2.24) is 19.8 Å². The van der Waals surface area contributed by atoms with Crippen molar-refractivity contribution in [2.24, 2.45) is 11.1 Å². The van der Waals surface area contributed by atoms with Crippen LogP contribution in [0.2, 0.25) is 0 Å². The van der Waals surface area contributed by atoms with Gasteiger partial charge in [-0.1, -0.05) is 6.42 Å². The number of nitrogens with zero attached hydrogens (tertiary/aromatic N) is 4. The number of aromatic nitrogens is 2. The number of benzene rings is 1. The fourth-order valence-corrected chi connectivity index (χ4v) is 5.32. The van der Waals surface area contributed by atoms with Crippen LogP contribution in [0.4, 0.5) is 26.3 Å². The average Bonchev–Trinajstić information content (AvgIpc) is 3.35. The number of fused-ring (bicyclic) bond motifs is 1. The van der Waals surface area contributed by atoms with Gasteiger partial charge in [0.1, 0.15) is 22.4 Å². The van der Waals surface area contributed by atoms with E-state index in [0.717, 1.165) is 11.0 Å². The summed E-state index contributed by atoms with van der Waals surface area (Å²) in [5.74, 6) is -1.57. The molecule has 1 aliphatic carbocycles. The zero-order chi connectivity index (χ0) is 30.6. The molecule has 2 aromatic heterocycles. The molecule has 0 unspecified atom stereocenters. The number of halogens is 6. The van der Waals surface area contributed by atoms with E-state index in [-0.39, 0.29) is 78.6 Å². The molecule has 2 aliphatic rings. The smallest absolute Gasteiger partial charge is 0.433 e. The standard InChI is InChI=1S/C27H27F6N5O4/c1-14(34)21-20(23(39)37-10-12-38(13-11-37)24(40)25(8-3-9-25)27(31,32)33)36-22(42-21)16-4-6-17(41-2)19-15(16)5-7-18(35-19)26(28,29)30/h4-7,14H,3,8-13,34H2,1-2H3/t14-/m0/s1. The van der Waals surface area contributed by atoms with Gasteiger partial charge in [-0.3, -0.25) is 9.59 Å². The summed E-state index contributed by atoms with van der Waals surface area (Å²) >= 11 is 0. The SMILES string of the molecule is COc1ccc(-c2nc(C(=O)N3CCN(C(=O)C4(C(F)(F)F)CCC4)CC3)c([C@H](C)N)o2)c2ccc(C(F)(F)F)nc12. The predicted octanol–water partition coefficient (Wildman–Crippen LogP) is 4.95. The van der Waals surface area contributed by atoms with Crippen LogP contribution in [-0.4, -0.2) is 71.0 Å². The van der Waals surface area contributed by atoms with Crippen molar-refractivity contribution in [2.75, 3.05) is 33.3 Å². The Bertz CT molecular complexity index is 1520. The maximum Gasteiger partial charge on any atom is 0.433 e. The maximum atomic E-state index is 13.7. The normalized spacial score (nSPS) is 18.1. The minimum Gasteiger partial charge on any atom is -0.494 e. The summed E-state index contributed by atoms with van der Waals surface area (Å²) in [6.45, 7) is 1.31. The highest BCUT2D eigenvalue weighted by Crippen LogP contribution is 2.54. The van der Waals surface area contributed by atoms with Crippen LogP contribution in [0, 0.1) is 5.41 Å². The molecule has 1 aromatic carbocycles. The van der Waals surface area contributed by atoms with Crippen LogP contribution < -0.4 is 10.5 Å². The van der Waals surface area contributed by atoms with Crippen molar-refractivity contribution < 1.29 is 45.1 Å². The Morgan fingerprint density at radius 2 is 1.64 bits per heavy atom. The number of nitrogens with two attached hydrogens (primary N) is 1. The summed E-state index contributed by atoms with van der Waals surface area (Å²) in [6, 6.07) is 4.10. The molecule has 2 fully saturated rings. The number of pyridine rings is 1. The van der Waals surface area contributed by atoms with E-state index in [4.69, 9.17) is 14.9 Å². The topological polar surface area (TPSA) is 115 Å². The number of piperazine rings is 1. The molecule has 0 bridgehead atoms. The maximum absolute atomic E-state index is 13.7. The number of ether oxygens (including phenoxy) is 1. The Hall–Kier alpha value is -3.88. The first-order valence-corrected chi connectivity index (χ1v) is 13.1. The lowest BCUT2D eigenvalue weighted by Crippen LogP contribution is -2.60. The van der Waals surface area contributed by atoms with Gasteiger partial charge in [0.2, 0.25) is 11.8 Å². The van der Waals surface area contributed by atoms with E-state index in [0.29, 0.717) is 6.42 Å². The number of alkyl halides is 6. The Labute approximate surface area is 235 Å². The molecule has 1 aliphatic heterocycles. The number of amides is 2. The van der Waals surface area contributed by atoms with Crippen LogP contribution >= 0.6 is 0 Å². The van der Waals surface area contributed by atoms with Crippen LogP contribution in [0.5, 0.6) is 5.75 Å². The van der Waals surface area contributed by atoms with Crippen molar-refractivity contribution in [2.45, 2.75) is 44.6 Å². The summed E-state index contributed by atoms with van der Waals surface area (Å²) in [6.07, 6.45) is -9.52. The molecular formula is C27H27F6N5O4. The lowest BCUT2D eigenvalue weighted by Gasteiger charge is -2.46. The molecule has 2 N–H and O–H groups in total. The molecule has 0 spiro atoms. The second kappa shape index (κ2) is 10.4. The molecule has 226 valence electrons. The second-order valence-electron chi connectivity index (χ2n) is 10.4. The number of oxazole rings is 1. The van der Waals surface area contributed by atoms with Gasteiger partial charge in [-0.2, -0.15) is 26.3 Å². The van der Waals surface area contributed by atoms with E-state index >= 15 is 0 Å². The summed E-state index contributed by atoms with van der Waals surface area (Å²) in [4.78, 5) is 36.9. The molecule has 1 atom stereocenters. The van der Waals surface area contributed by atoms with Gasteiger partial charge in [0.15, 0.2) is 11.5 Å². The van der Waals surface area contributed by atoms with Crippen molar-refractivity contribution in [1.29, 1.82) is 0 Å².